The Hall–Kier alpha value is -0.170. The third-order valence-electron chi connectivity index (χ3n) is 1.28. The molecule has 1 nitrogen and oxygen atoms in total. The van der Waals surface area contributed by atoms with Crippen LogP contribution in [0.25, 0.3) is 0 Å². The Morgan fingerprint density at radius 2 is 2.57 bits per heavy atom. The molecule has 1 atom stereocenters. The van der Waals surface area contributed by atoms with E-state index >= 15 is 0 Å². The molecule has 1 fully saturated rings. The van der Waals surface area contributed by atoms with Crippen molar-refractivity contribution in [2.45, 2.75) is 19.8 Å². The molecule has 0 unspecified atom stereocenters. The Kier molecular flexibility index (Phi) is 1.58. The lowest BCUT2D eigenvalue weighted by atomic mass is 10.1. The van der Waals surface area contributed by atoms with Gasteiger partial charge >= 0.3 is 0 Å². The monoisotopic (exact) mass is 99.1 g/mol. The molecule has 1 aliphatic rings. The van der Waals surface area contributed by atoms with E-state index in [0.717, 1.165) is 18.9 Å². The van der Waals surface area contributed by atoms with Crippen LogP contribution in [0.2, 0.25) is 0 Å². The smallest absolute Gasteiger partial charge is 0.196 e. The zero-order valence-corrected chi connectivity index (χ0v) is 4.68. The van der Waals surface area contributed by atoms with Crippen LogP contribution in [0.15, 0.2) is 0 Å². The molecule has 0 aromatic carbocycles. The van der Waals surface area contributed by atoms with Gasteiger partial charge in [-0.25, -0.2) is 0 Å². The summed E-state index contributed by atoms with van der Waals surface area (Å²) in [4.78, 5) is 0. The second-order valence-corrected chi connectivity index (χ2v) is 2.18. The minimum Gasteiger partial charge on any atom is -0.196 e. The van der Waals surface area contributed by atoms with E-state index in [1.807, 2.05) is 6.61 Å². The number of hydrogen-bond acceptors (Lipinski definition) is 1. The van der Waals surface area contributed by atoms with Gasteiger partial charge in [-0.1, -0.05) is 6.92 Å². The SMILES string of the molecule is C[C@H]1CC[CH+]OC1. The lowest BCUT2D eigenvalue weighted by Gasteiger charge is -2.08. The molecule has 0 spiro atoms. The van der Waals surface area contributed by atoms with Crippen LogP contribution in [0.5, 0.6) is 0 Å². The zero-order valence-electron chi connectivity index (χ0n) is 4.68. The van der Waals surface area contributed by atoms with Gasteiger partial charge < -0.3 is 0 Å². The zero-order chi connectivity index (χ0) is 5.11. The average Bonchev–Trinajstić information content (AvgIpc) is 1.69. The third-order valence-corrected chi connectivity index (χ3v) is 1.28. The van der Waals surface area contributed by atoms with E-state index in [2.05, 4.69) is 6.92 Å². The van der Waals surface area contributed by atoms with Crippen LogP contribution >= 0.6 is 0 Å². The van der Waals surface area contributed by atoms with E-state index in [1.165, 1.54) is 6.42 Å². The number of rotatable bonds is 0. The van der Waals surface area contributed by atoms with Gasteiger partial charge in [0.2, 0.25) is 6.61 Å². The van der Waals surface area contributed by atoms with Crippen molar-refractivity contribution >= 4 is 0 Å². The fourth-order valence-electron chi connectivity index (χ4n) is 0.752. The van der Waals surface area contributed by atoms with Crippen LogP contribution < -0.4 is 0 Å². The first-order valence-electron chi connectivity index (χ1n) is 2.83. The van der Waals surface area contributed by atoms with E-state index < -0.39 is 0 Å². The molecule has 0 bridgehead atoms. The third kappa shape index (κ3) is 1.39. The first kappa shape index (κ1) is 4.98. The van der Waals surface area contributed by atoms with Crippen LogP contribution in [0.1, 0.15) is 19.8 Å². The van der Waals surface area contributed by atoms with Crippen molar-refractivity contribution in [3.63, 3.8) is 0 Å². The van der Waals surface area contributed by atoms with E-state index in [4.69, 9.17) is 4.74 Å². The standard InChI is InChI=1S/C6H11O/c1-6-3-2-4-7-5-6/h4,6H,2-3,5H2,1H3/q+1/t6-/m0/s1. The maximum absolute atomic E-state index is 5.06. The predicted molar refractivity (Wildman–Crippen MR) is 28.6 cm³/mol. The molecular formula is C6H11O+. The molecule has 1 rings (SSSR count). The minimum absolute atomic E-state index is 0.782. The summed E-state index contributed by atoms with van der Waals surface area (Å²) < 4.78 is 5.06. The molecule has 0 aromatic heterocycles. The van der Waals surface area contributed by atoms with Crippen molar-refractivity contribution in [2.24, 2.45) is 5.92 Å². The van der Waals surface area contributed by atoms with Gasteiger partial charge in [0.25, 0.3) is 0 Å². The van der Waals surface area contributed by atoms with Crippen LogP contribution in [-0.4, -0.2) is 6.61 Å². The van der Waals surface area contributed by atoms with Crippen LogP contribution in [-0.2, 0) is 4.74 Å². The fourth-order valence-corrected chi connectivity index (χ4v) is 0.752. The summed E-state index contributed by atoms with van der Waals surface area (Å²) in [5.41, 5.74) is 0. The molecule has 7 heavy (non-hydrogen) atoms. The Labute approximate surface area is 44.7 Å². The number of hydrogen-bond donors (Lipinski definition) is 0. The number of ether oxygens (including phenoxy) is 1. The van der Waals surface area contributed by atoms with E-state index in [1.54, 1.807) is 0 Å². The Morgan fingerprint density at radius 1 is 1.71 bits per heavy atom. The quantitative estimate of drug-likeness (QED) is 0.419. The maximum atomic E-state index is 5.06. The fraction of sp³-hybridized carbons (Fsp3) is 0.833. The van der Waals surface area contributed by atoms with E-state index in [0.29, 0.717) is 0 Å². The topological polar surface area (TPSA) is 9.23 Å². The molecule has 1 heterocycles. The average molecular weight is 99.2 g/mol. The molecule has 0 saturated carbocycles. The molecule has 1 saturated heterocycles. The van der Waals surface area contributed by atoms with Crippen molar-refractivity contribution < 1.29 is 4.74 Å². The van der Waals surface area contributed by atoms with E-state index in [-0.39, 0.29) is 0 Å². The Balaban J connectivity index is 2.12. The van der Waals surface area contributed by atoms with Crippen LogP contribution in [0, 0.1) is 12.5 Å². The van der Waals surface area contributed by atoms with Gasteiger partial charge in [-0.3, -0.25) is 0 Å². The molecule has 0 aliphatic carbocycles. The summed E-state index contributed by atoms with van der Waals surface area (Å²) in [6.07, 6.45) is 2.45. The molecule has 1 aliphatic heterocycles. The summed E-state index contributed by atoms with van der Waals surface area (Å²) in [6, 6.07) is 0. The van der Waals surface area contributed by atoms with Gasteiger partial charge in [-0.2, -0.15) is 4.74 Å². The highest BCUT2D eigenvalue weighted by molar-refractivity contribution is 4.63. The molecular weight excluding hydrogens is 88.1 g/mol. The Bertz CT molecular complexity index is 46.1. The van der Waals surface area contributed by atoms with Crippen molar-refractivity contribution in [3.8, 4) is 0 Å². The summed E-state index contributed by atoms with van der Waals surface area (Å²) in [6.45, 7) is 5.05. The second-order valence-electron chi connectivity index (χ2n) is 2.18. The lowest BCUT2D eigenvalue weighted by molar-refractivity contribution is 0.114. The highest BCUT2D eigenvalue weighted by atomic mass is 16.5. The maximum Gasteiger partial charge on any atom is 0.227 e. The summed E-state index contributed by atoms with van der Waals surface area (Å²) >= 11 is 0. The van der Waals surface area contributed by atoms with Crippen molar-refractivity contribution in [2.75, 3.05) is 6.61 Å². The van der Waals surface area contributed by atoms with Gasteiger partial charge in [0.1, 0.15) is 13.0 Å². The highest BCUT2D eigenvalue weighted by Crippen LogP contribution is 2.13. The van der Waals surface area contributed by atoms with E-state index in [9.17, 15) is 0 Å². The normalized spacial score (nSPS) is 31.9. The molecule has 1 heteroatoms. The lowest BCUT2D eigenvalue weighted by Crippen LogP contribution is -2.10. The summed E-state index contributed by atoms with van der Waals surface area (Å²) in [7, 11) is 0. The van der Waals surface area contributed by atoms with Crippen LogP contribution in [0.4, 0.5) is 0 Å². The highest BCUT2D eigenvalue weighted by Gasteiger charge is 2.14. The van der Waals surface area contributed by atoms with Gasteiger partial charge in [-0.15, -0.1) is 0 Å². The predicted octanol–water partition coefficient (Wildman–Crippen LogP) is 1.59. The summed E-state index contributed by atoms with van der Waals surface area (Å²) in [5.74, 6) is 0.782. The van der Waals surface area contributed by atoms with Crippen molar-refractivity contribution in [3.05, 3.63) is 6.61 Å². The molecule has 40 valence electrons. The van der Waals surface area contributed by atoms with Gasteiger partial charge in [0, 0.05) is 0 Å². The Morgan fingerprint density at radius 3 is 2.86 bits per heavy atom. The van der Waals surface area contributed by atoms with Gasteiger partial charge in [0.15, 0.2) is 0 Å². The minimum atomic E-state index is 0.782. The van der Waals surface area contributed by atoms with Crippen molar-refractivity contribution in [1.29, 1.82) is 0 Å². The van der Waals surface area contributed by atoms with Crippen LogP contribution in [0.3, 0.4) is 0 Å². The van der Waals surface area contributed by atoms with Crippen molar-refractivity contribution in [1.82, 2.24) is 0 Å². The second kappa shape index (κ2) is 2.22. The first-order valence-corrected chi connectivity index (χ1v) is 2.83. The molecule has 0 aromatic rings. The first-order chi connectivity index (χ1) is 3.39. The molecule has 0 amide bonds. The van der Waals surface area contributed by atoms with Gasteiger partial charge in [-0.05, 0) is 12.3 Å². The molecule has 0 N–H and O–H groups in total. The largest absolute Gasteiger partial charge is 0.227 e. The molecule has 0 radical (unpaired) electrons. The van der Waals surface area contributed by atoms with Gasteiger partial charge in [0.05, 0.1) is 0 Å². The summed E-state index contributed by atoms with van der Waals surface area (Å²) in [5, 5.41) is 0.